The number of halogens is 5. The predicted molar refractivity (Wildman–Crippen MR) is 46.4 cm³/mol. The highest BCUT2D eigenvalue weighted by Crippen LogP contribution is 2.39. The highest BCUT2D eigenvalue weighted by Gasteiger charge is 2.35. The van der Waals surface area contributed by atoms with Crippen molar-refractivity contribution in [2.75, 3.05) is 0 Å². The lowest BCUT2D eigenvalue weighted by molar-refractivity contribution is -0.140. The zero-order chi connectivity index (χ0) is 10.2. The largest absolute Gasteiger partial charge is 0.418 e. The molecule has 0 amide bonds. The Labute approximate surface area is 85.5 Å². The minimum absolute atomic E-state index is 0.343. The quantitative estimate of drug-likeness (QED) is 0.539. The Morgan fingerprint density at radius 2 is 1.77 bits per heavy atom. The Morgan fingerprint density at radius 3 is 2.15 bits per heavy atom. The van der Waals surface area contributed by atoms with Gasteiger partial charge in [-0.1, -0.05) is 15.9 Å². The van der Waals surface area contributed by atoms with E-state index in [1.54, 1.807) is 0 Å². The van der Waals surface area contributed by atoms with Gasteiger partial charge in [-0.25, -0.2) is 4.39 Å². The van der Waals surface area contributed by atoms with Crippen molar-refractivity contribution in [1.82, 2.24) is 0 Å². The van der Waals surface area contributed by atoms with Gasteiger partial charge >= 0.3 is 6.18 Å². The van der Waals surface area contributed by atoms with E-state index in [0.717, 1.165) is 12.1 Å². The second-order valence-corrected chi connectivity index (χ2v) is 3.62. The van der Waals surface area contributed by atoms with Crippen LogP contribution in [0.4, 0.5) is 17.6 Å². The van der Waals surface area contributed by atoms with Crippen LogP contribution in [0.3, 0.4) is 0 Å². The molecule has 6 heteroatoms. The molecular formula is C7H3BrF4S. The Kier molecular flexibility index (Phi) is 2.91. The highest BCUT2D eigenvalue weighted by atomic mass is 79.9. The average molecular weight is 275 g/mol. The van der Waals surface area contributed by atoms with Crippen molar-refractivity contribution in [3.63, 3.8) is 0 Å². The van der Waals surface area contributed by atoms with Crippen molar-refractivity contribution in [3.8, 4) is 0 Å². The normalized spacial score (nSPS) is 11.8. The van der Waals surface area contributed by atoms with Crippen LogP contribution >= 0.6 is 28.6 Å². The molecular weight excluding hydrogens is 272 g/mol. The van der Waals surface area contributed by atoms with E-state index in [2.05, 4.69) is 28.6 Å². The molecule has 72 valence electrons. The van der Waals surface area contributed by atoms with Crippen LogP contribution in [0.1, 0.15) is 5.56 Å². The molecule has 0 radical (unpaired) electrons. The third kappa shape index (κ3) is 2.37. The molecule has 0 fully saturated rings. The second-order valence-electron chi connectivity index (χ2n) is 2.28. The molecule has 0 saturated heterocycles. The number of alkyl halides is 3. The Hall–Kier alpha value is -0.230. The molecule has 0 aliphatic heterocycles. The van der Waals surface area contributed by atoms with Crippen LogP contribution in [0.25, 0.3) is 0 Å². The average Bonchev–Trinajstić information content (AvgIpc) is 1.78. The van der Waals surface area contributed by atoms with Crippen LogP contribution < -0.4 is 0 Å². The third-order valence-corrected chi connectivity index (χ3v) is 2.30. The fraction of sp³-hybridized carbons (Fsp3) is 0.143. The lowest BCUT2D eigenvalue weighted by Crippen LogP contribution is -2.07. The van der Waals surface area contributed by atoms with Gasteiger partial charge in [0.15, 0.2) is 0 Å². The van der Waals surface area contributed by atoms with Gasteiger partial charge in [0.25, 0.3) is 0 Å². The molecule has 13 heavy (non-hydrogen) atoms. The van der Waals surface area contributed by atoms with Crippen LogP contribution in [0.15, 0.2) is 21.5 Å². The van der Waals surface area contributed by atoms with Crippen LogP contribution in [0.5, 0.6) is 0 Å². The standard InChI is InChI=1S/C7H3BrF4S/c8-4-1-3(9)2-5(13)6(4)7(10,11)12/h1-2,13H. The van der Waals surface area contributed by atoms with Gasteiger partial charge in [-0.15, -0.1) is 12.6 Å². The molecule has 0 aromatic heterocycles. The first-order valence-electron chi connectivity index (χ1n) is 3.07. The van der Waals surface area contributed by atoms with Crippen molar-refractivity contribution in [2.45, 2.75) is 11.1 Å². The summed E-state index contributed by atoms with van der Waals surface area (Å²) < 4.78 is 48.9. The molecule has 0 saturated carbocycles. The topological polar surface area (TPSA) is 0 Å². The molecule has 1 aromatic rings. The van der Waals surface area contributed by atoms with Crippen molar-refractivity contribution >= 4 is 28.6 Å². The molecule has 0 aliphatic carbocycles. The Bertz CT molecular complexity index is 311. The third-order valence-electron chi connectivity index (χ3n) is 1.32. The van der Waals surface area contributed by atoms with Gasteiger partial charge in [-0.05, 0) is 12.1 Å². The van der Waals surface area contributed by atoms with Gasteiger partial charge in [0.2, 0.25) is 0 Å². The minimum Gasteiger partial charge on any atom is -0.207 e. The first-order valence-corrected chi connectivity index (χ1v) is 4.31. The zero-order valence-corrected chi connectivity index (χ0v) is 8.47. The zero-order valence-electron chi connectivity index (χ0n) is 5.99. The van der Waals surface area contributed by atoms with Crippen molar-refractivity contribution in [1.29, 1.82) is 0 Å². The lowest BCUT2D eigenvalue weighted by Gasteiger charge is -2.11. The van der Waals surface area contributed by atoms with E-state index in [1.807, 2.05) is 0 Å². The van der Waals surface area contributed by atoms with E-state index < -0.39 is 22.5 Å². The van der Waals surface area contributed by atoms with E-state index in [1.165, 1.54) is 0 Å². The molecule has 0 N–H and O–H groups in total. The summed E-state index contributed by atoms with van der Waals surface area (Å²) in [7, 11) is 0. The first kappa shape index (κ1) is 10.8. The van der Waals surface area contributed by atoms with E-state index in [9.17, 15) is 17.6 Å². The summed E-state index contributed by atoms with van der Waals surface area (Å²) >= 11 is 6.17. The number of hydrogen-bond acceptors (Lipinski definition) is 1. The fourth-order valence-corrected chi connectivity index (χ4v) is 2.02. The number of thiol groups is 1. The minimum atomic E-state index is -4.52. The molecule has 0 nitrogen and oxygen atoms in total. The van der Waals surface area contributed by atoms with Gasteiger partial charge < -0.3 is 0 Å². The van der Waals surface area contributed by atoms with Crippen LogP contribution in [-0.4, -0.2) is 0 Å². The summed E-state index contributed by atoms with van der Waals surface area (Å²) in [6.07, 6.45) is -4.52. The summed E-state index contributed by atoms with van der Waals surface area (Å²) in [5, 5.41) is 0. The van der Waals surface area contributed by atoms with E-state index >= 15 is 0 Å². The molecule has 0 aliphatic rings. The summed E-state index contributed by atoms with van der Waals surface area (Å²) in [6.45, 7) is 0. The van der Waals surface area contributed by atoms with Crippen molar-refractivity contribution < 1.29 is 17.6 Å². The van der Waals surface area contributed by atoms with Gasteiger partial charge in [0, 0.05) is 9.37 Å². The van der Waals surface area contributed by atoms with Crippen molar-refractivity contribution in [2.24, 2.45) is 0 Å². The molecule has 0 heterocycles. The molecule has 0 spiro atoms. The molecule has 1 rings (SSSR count). The predicted octanol–water partition coefficient (Wildman–Crippen LogP) is 3.90. The smallest absolute Gasteiger partial charge is 0.207 e. The van der Waals surface area contributed by atoms with Gasteiger partial charge in [0.05, 0.1) is 5.56 Å². The summed E-state index contributed by atoms with van der Waals surface area (Å²) in [5.41, 5.74) is -0.961. The van der Waals surface area contributed by atoms with Crippen molar-refractivity contribution in [3.05, 3.63) is 28.0 Å². The lowest BCUT2D eigenvalue weighted by atomic mass is 10.2. The summed E-state index contributed by atoms with van der Waals surface area (Å²) in [5.74, 6) is -0.759. The fourth-order valence-electron chi connectivity index (χ4n) is 0.841. The van der Waals surface area contributed by atoms with E-state index in [-0.39, 0.29) is 4.47 Å². The number of hydrogen-bond donors (Lipinski definition) is 1. The Balaban J connectivity index is 3.38. The van der Waals surface area contributed by atoms with Gasteiger partial charge in [-0.3, -0.25) is 0 Å². The maximum atomic E-state index is 12.6. The Morgan fingerprint density at radius 1 is 1.23 bits per heavy atom. The van der Waals surface area contributed by atoms with Crippen LogP contribution in [0.2, 0.25) is 0 Å². The van der Waals surface area contributed by atoms with E-state index in [0.29, 0.717) is 0 Å². The maximum absolute atomic E-state index is 12.6. The molecule has 1 aromatic carbocycles. The highest BCUT2D eigenvalue weighted by molar-refractivity contribution is 9.10. The SMILES string of the molecule is Fc1cc(S)c(C(F)(F)F)c(Br)c1. The monoisotopic (exact) mass is 274 g/mol. The van der Waals surface area contributed by atoms with Gasteiger partial charge in [-0.2, -0.15) is 13.2 Å². The van der Waals surface area contributed by atoms with Gasteiger partial charge in [0.1, 0.15) is 5.82 Å². The van der Waals surface area contributed by atoms with Crippen LogP contribution in [-0.2, 0) is 6.18 Å². The molecule has 0 unspecified atom stereocenters. The maximum Gasteiger partial charge on any atom is 0.418 e. The summed E-state index contributed by atoms with van der Waals surface area (Å²) in [4.78, 5) is -0.431. The number of benzene rings is 1. The molecule has 0 bridgehead atoms. The first-order chi connectivity index (χ1) is 5.82. The second kappa shape index (κ2) is 3.49. The van der Waals surface area contributed by atoms with E-state index in [4.69, 9.17) is 0 Å². The number of rotatable bonds is 0. The van der Waals surface area contributed by atoms with Crippen LogP contribution in [0, 0.1) is 5.82 Å². The molecule has 0 atom stereocenters. The summed E-state index contributed by atoms with van der Waals surface area (Å²) in [6, 6.07) is 1.47.